The van der Waals surface area contributed by atoms with E-state index in [1.54, 1.807) is 0 Å². The van der Waals surface area contributed by atoms with Gasteiger partial charge in [0.05, 0.1) is 13.7 Å². The van der Waals surface area contributed by atoms with Crippen LogP contribution >= 0.6 is 24.0 Å². The molecule has 0 heterocycles. The number of nitrogens with two attached hydrogens (primary N) is 1. The van der Waals surface area contributed by atoms with Gasteiger partial charge in [0.15, 0.2) is 5.96 Å². The smallest absolute Gasteiger partial charge is 0.497 e. The van der Waals surface area contributed by atoms with Crippen LogP contribution in [0, 0.1) is 0 Å². The molecule has 2 aromatic rings. The average molecular weight is 547 g/mol. The maximum atomic E-state index is 12.5. The Hall–Kier alpha value is -2.51. The first kappa shape index (κ1) is 25.5. The molecular weight excluding hydrogens is 528 g/mol. The Morgan fingerprint density at radius 1 is 1.10 bits per heavy atom. The van der Waals surface area contributed by atoms with Crippen LogP contribution in [0.15, 0.2) is 47.5 Å². The van der Waals surface area contributed by atoms with Gasteiger partial charge in [-0.1, -0.05) is 12.1 Å². The second kappa shape index (κ2) is 11.6. The molecule has 0 bridgehead atoms. The third-order valence-electron chi connectivity index (χ3n) is 3.53. The summed E-state index contributed by atoms with van der Waals surface area (Å²) in [5, 5.41) is 2.75. The standard InChI is InChI=1S/C18H18F5N3O3.HI/c1-27-14-6-7-15(28-16(19)20)12(8-14)10-26-17(24)25-9-11-2-4-13(5-3-11)29-18(21,22)23;/h2-8,16H,9-10H2,1H3,(H3,24,25,26);1H. The van der Waals surface area contributed by atoms with Gasteiger partial charge in [-0.25, -0.2) is 4.99 Å². The van der Waals surface area contributed by atoms with Gasteiger partial charge >= 0.3 is 13.0 Å². The van der Waals surface area contributed by atoms with Crippen LogP contribution in [-0.2, 0) is 13.1 Å². The van der Waals surface area contributed by atoms with Crippen molar-refractivity contribution in [2.24, 2.45) is 10.7 Å². The van der Waals surface area contributed by atoms with Crippen molar-refractivity contribution in [2.75, 3.05) is 7.11 Å². The maximum absolute atomic E-state index is 12.5. The Balaban J connectivity index is 0.00000450. The number of alkyl halides is 5. The molecule has 166 valence electrons. The number of guanidine groups is 1. The SMILES string of the molecule is COc1ccc(OC(F)F)c(CNC(N)=NCc2ccc(OC(F)(F)F)cc2)c1.I. The number of methoxy groups -OCH3 is 1. The summed E-state index contributed by atoms with van der Waals surface area (Å²) in [6.07, 6.45) is -4.76. The number of rotatable bonds is 8. The molecule has 2 rings (SSSR count). The first-order chi connectivity index (χ1) is 13.7. The Morgan fingerprint density at radius 2 is 1.73 bits per heavy atom. The highest BCUT2D eigenvalue weighted by Gasteiger charge is 2.30. The van der Waals surface area contributed by atoms with Crippen LogP contribution in [0.2, 0.25) is 0 Å². The van der Waals surface area contributed by atoms with Crippen LogP contribution in [0.5, 0.6) is 17.2 Å². The van der Waals surface area contributed by atoms with E-state index in [9.17, 15) is 22.0 Å². The second-order valence-corrected chi connectivity index (χ2v) is 5.60. The monoisotopic (exact) mass is 547 g/mol. The van der Waals surface area contributed by atoms with Crippen LogP contribution in [0.1, 0.15) is 11.1 Å². The molecule has 0 aromatic heterocycles. The number of aliphatic imine (C=N–C) groups is 1. The number of nitrogens with zero attached hydrogens (tertiary/aromatic N) is 1. The number of ether oxygens (including phenoxy) is 3. The predicted octanol–water partition coefficient (Wildman–Crippen LogP) is 4.42. The van der Waals surface area contributed by atoms with Crippen molar-refractivity contribution < 1.29 is 36.2 Å². The van der Waals surface area contributed by atoms with Crippen molar-refractivity contribution in [1.29, 1.82) is 0 Å². The van der Waals surface area contributed by atoms with Crippen molar-refractivity contribution in [1.82, 2.24) is 5.32 Å². The van der Waals surface area contributed by atoms with Crippen molar-refractivity contribution in [3.05, 3.63) is 53.6 Å². The Bertz CT molecular complexity index is 833. The lowest BCUT2D eigenvalue weighted by molar-refractivity contribution is -0.274. The highest BCUT2D eigenvalue weighted by atomic mass is 127. The number of halogens is 6. The van der Waals surface area contributed by atoms with Crippen molar-refractivity contribution in [3.8, 4) is 17.2 Å². The van der Waals surface area contributed by atoms with E-state index in [1.807, 2.05) is 0 Å². The molecule has 2 aromatic carbocycles. The molecule has 0 aliphatic heterocycles. The molecule has 6 nitrogen and oxygen atoms in total. The van der Waals surface area contributed by atoms with E-state index in [2.05, 4.69) is 19.8 Å². The van der Waals surface area contributed by atoms with Gasteiger partial charge < -0.3 is 25.3 Å². The molecule has 30 heavy (non-hydrogen) atoms. The van der Waals surface area contributed by atoms with Crippen LogP contribution < -0.4 is 25.3 Å². The van der Waals surface area contributed by atoms with Gasteiger partial charge in [-0.05, 0) is 35.9 Å². The Kier molecular flexibility index (Phi) is 9.89. The molecule has 3 N–H and O–H groups in total. The van der Waals surface area contributed by atoms with Gasteiger partial charge in [0.25, 0.3) is 0 Å². The molecule has 0 aliphatic carbocycles. The molecule has 0 unspecified atom stereocenters. The van der Waals surface area contributed by atoms with Gasteiger partial charge in [-0.3, -0.25) is 0 Å². The molecule has 0 radical (unpaired) electrons. The molecule has 0 atom stereocenters. The van der Waals surface area contributed by atoms with Crippen molar-refractivity contribution in [3.63, 3.8) is 0 Å². The first-order valence-electron chi connectivity index (χ1n) is 8.16. The van der Waals surface area contributed by atoms with Crippen molar-refractivity contribution >= 4 is 29.9 Å². The normalized spacial score (nSPS) is 11.6. The van der Waals surface area contributed by atoms with E-state index in [0.717, 1.165) is 12.1 Å². The molecule has 12 heteroatoms. The number of benzene rings is 2. The van der Waals surface area contributed by atoms with Crippen molar-refractivity contribution in [2.45, 2.75) is 26.1 Å². The van der Waals surface area contributed by atoms with E-state index < -0.39 is 13.0 Å². The predicted molar refractivity (Wildman–Crippen MR) is 110 cm³/mol. The third-order valence-corrected chi connectivity index (χ3v) is 3.53. The summed E-state index contributed by atoms with van der Waals surface area (Å²) < 4.78 is 74.7. The van der Waals surface area contributed by atoms with Crippen LogP contribution in [0.3, 0.4) is 0 Å². The Labute approximate surface area is 186 Å². The molecule has 0 amide bonds. The fourth-order valence-electron chi connectivity index (χ4n) is 2.25. The summed E-state index contributed by atoms with van der Waals surface area (Å²) in [5.41, 5.74) is 6.71. The van der Waals surface area contributed by atoms with Gasteiger partial charge in [-0.2, -0.15) is 8.78 Å². The summed E-state index contributed by atoms with van der Waals surface area (Å²) in [4.78, 5) is 4.05. The zero-order valence-corrected chi connectivity index (χ0v) is 17.9. The van der Waals surface area contributed by atoms with E-state index in [4.69, 9.17) is 10.5 Å². The minimum Gasteiger partial charge on any atom is -0.497 e. The highest BCUT2D eigenvalue weighted by Crippen LogP contribution is 2.26. The molecule has 0 saturated carbocycles. The zero-order valence-electron chi connectivity index (χ0n) is 15.6. The summed E-state index contributed by atoms with van der Waals surface area (Å²) >= 11 is 0. The van der Waals surface area contributed by atoms with Gasteiger partial charge in [0, 0.05) is 12.1 Å². The third kappa shape index (κ3) is 8.88. The first-order valence-corrected chi connectivity index (χ1v) is 8.16. The maximum Gasteiger partial charge on any atom is 0.573 e. The van der Waals surface area contributed by atoms with E-state index in [1.165, 1.54) is 37.4 Å². The lowest BCUT2D eigenvalue weighted by Crippen LogP contribution is -2.31. The molecule has 0 spiro atoms. The number of hydrogen-bond acceptors (Lipinski definition) is 4. The van der Waals surface area contributed by atoms with Gasteiger partial charge in [0.1, 0.15) is 17.2 Å². The summed E-state index contributed by atoms with van der Waals surface area (Å²) in [5.74, 6) is 0.0637. The summed E-state index contributed by atoms with van der Waals surface area (Å²) in [6, 6.07) is 9.48. The fourth-order valence-corrected chi connectivity index (χ4v) is 2.25. The van der Waals surface area contributed by atoms with Gasteiger partial charge in [-0.15, -0.1) is 37.1 Å². The van der Waals surface area contributed by atoms with E-state index in [-0.39, 0.29) is 54.5 Å². The molecule has 0 fully saturated rings. The summed E-state index contributed by atoms with van der Waals surface area (Å²) in [6.45, 7) is -2.87. The van der Waals surface area contributed by atoms with Crippen LogP contribution in [0.25, 0.3) is 0 Å². The molecular formula is C18H19F5IN3O3. The molecule has 0 saturated heterocycles. The quantitative estimate of drug-likeness (QED) is 0.222. The number of hydrogen-bond donors (Lipinski definition) is 2. The van der Waals surface area contributed by atoms with Crippen LogP contribution in [-0.4, -0.2) is 26.0 Å². The number of nitrogens with one attached hydrogen (secondary N) is 1. The highest BCUT2D eigenvalue weighted by molar-refractivity contribution is 14.0. The average Bonchev–Trinajstić information content (AvgIpc) is 2.65. The summed E-state index contributed by atoms with van der Waals surface area (Å²) in [7, 11) is 1.43. The van der Waals surface area contributed by atoms with E-state index in [0.29, 0.717) is 16.9 Å². The second-order valence-electron chi connectivity index (χ2n) is 5.60. The zero-order chi connectivity index (χ0) is 21.4. The lowest BCUT2D eigenvalue weighted by Gasteiger charge is -2.13. The minimum atomic E-state index is -4.76. The molecule has 0 aliphatic rings. The van der Waals surface area contributed by atoms with Crippen LogP contribution in [0.4, 0.5) is 22.0 Å². The fraction of sp³-hybridized carbons (Fsp3) is 0.278. The van der Waals surface area contributed by atoms with E-state index >= 15 is 0 Å². The lowest BCUT2D eigenvalue weighted by atomic mass is 10.2. The topological polar surface area (TPSA) is 78.1 Å². The Morgan fingerprint density at radius 3 is 2.30 bits per heavy atom. The minimum absolute atomic E-state index is 0. The van der Waals surface area contributed by atoms with Gasteiger partial charge in [0.2, 0.25) is 0 Å². The largest absolute Gasteiger partial charge is 0.573 e.